The van der Waals surface area contributed by atoms with Crippen molar-refractivity contribution in [2.45, 2.75) is 11.5 Å². The summed E-state index contributed by atoms with van der Waals surface area (Å²) < 4.78 is 5.40. The van der Waals surface area contributed by atoms with Crippen LogP contribution in [-0.4, -0.2) is 24.0 Å². The number of ether oxygens (including phenoxy) is 1. The molecule has 0 saturated carbocycles. The van der Waals surface area contributed by atoms with Crippen molar-refractivity contribution in [1.29, 1.82) is 0 Å². The Kier molecular flexibility index (Phi) is 5.79. The average Bonchev–Trinajstić information content (AvgIpc) is 2.75. The summed E-state index contributed by atoms with van der Waals surface area (Å²) in [6.45, 7) is -0.145. The minimum atomic E-state index is -1.95. The summed E-state index contributed by atoms with van der Waals surface area (Å²) in [7, 11) is 0. The first-order valence-electron chi connectivity index (χ1n) is 8.67. The fraction of sp³-hybridized carbons (Fsp3) is 0.130. The van der Waals surface area contributed by atoms with E-state index in [1.807, 2.05) is 18.2 Å². The molecule has 4 heteroatoms. The maximum Gasteiger partial charge on any atom is 0.347 e. The highest BCUT2D eigenvalue weighted by molar-refractivity contribution is 5.85. The van der Waals surface area contributed by atoms with E-state index in [1.54, 1.807) is 72.8 Å². The molecule has 0 aliphatic rings. The third kappa shape index (κ3) is 3.96. The molecule has 27 heavy (non-hydrogen) atoms. The summed E-state index contributed by atoms with van der Waals surface area (Å²) in [5.41, 5.74) is -0.387. The number of rotatable bonds is 7. The van der Waals surface area contributed by atoms with Crippen molar-refractivity contribution in [1.82, 2.24) is 0 Å². The van der Waals surface area contributed by atoms with Crippen LogP contribution in [0, 0.1) is 0 Å². The number of esters is 1. The van der Waals surface area contributed by atoms with Gasteiger partial charge in [-0.2, -0.15) is 0 Å². The number of carbonyl (C=O) groups is 2. The Hall–Kier alpha value is -3.24. The Labute approximate surface area is 158 Å². The molecule has 0 aromatic heterocycles. The Balaban J connectivity index is 1.87. The first kappa shape index (κ1) is 18.5. The third-order valence-electron chi connectivity index (χ3n) is 4.46. The van der Waals surface area contributed by atoms with E-state index in [1.165, 1.54) is 0 Å². The summed E-state index contributed by atoms with van der Waals surface area (Å²) in [4.78, 5) is 24.4. The van der Waals surface area contributed by atoms with Crippen LogP contribution in [0.5, 0.6) is 0 Å². The van der Waals surface area contributed by atoms with Gasteiger partial charge in [0.2, 0.25) is 5.60 Å². The number of hydrogen-bond acceptors (Lipinski definition) is 4. The SMILES string of the molecule is O=CC(COC(=O)C(O)(c1ccccc1)c1ccccc1)c1ccccc1. The molecular formula is C23H20O4. The van der Waals surface area contributed by atoms with Gasteiger partial charge in [0.15, 0.2) is 0 Å². The minimum absolute atomic E-state index is 0.145. The van der Waals surface area contributed by atoms with Crippen LogP contribution in [0.15, 0.2) is 91.0 Å². The van der Waals surface area contributed by atoms with Crippen LogP contribution >= 0.6 is 0 Å². The normalized spacial score (nSPS) is 12.2. The molecule has 0 spiro atoms. The van der Waals surface area contributed by atoms with Gasteiger partial charge in [0.05, 0.1) is 5.92 Å². The minimum Gasteiger partial charge on any atom is -0.462 e. The van der Waals surface area contributed by atoms with E-state index < -0.39 is 17.5 Å². The van der Waals surface area contributed by atoms with Gasteiger partial charge in [-0.05, 0) is 16.7 Å². The second-order valence-corrected chi connectivity index (χ2v) is 6.19. The van der Waals surface area contributed by atoms with Crippen LogP contribution in [0.25, 0.3) is 0 Å². The third-order valence-corrected chi connectivity index (χ3v) is 4.46. The quantitative estimate of drug-likeness (QED) is 0.518. The van der Waals surface area contributed by atoms with Crippen molar-refractivity contribution in [3.05, 3.63) is 108 Å². The fourth-order valence-electron chi connectivity index (χ4n) is 2.95. The molecule has 0 bridgehead atoms. The molecule has 0 heterocycles. The van der Waals surface area contributed by atoms with E-state index >= 15 is 0 Å². The smallest absolute Gasteiger partial charge is 0.347 e. The van der Waals surface area contributed by atoms with Gasteiger partial charge in [-0.3, -0.25) is 0 Å². The molecule has 1 unspecified atom stereocenters. The second kappa shape index (κ2) is 8.43. The second-order valence-electron chi connectivity index (χ2n) is 6.19. The lowest BCUT2D eigenvalue weighted by atomic mass is 9.86. The number of aldehydes is 1. The average molecular weight is 360 g/mol. The van der Waals surface area contributed by atoms with E-state index in [4.69, 9.17) is 4.74 Å². The molecule has 0 aliphatic carbocycles. The summed E-state index contributed by atoms with van der Waals surface area (Å²) >= 11 is 0. The molecule has 136 valence electrons. The highest BCUT2D eigenvalue weighted by atomic mass is 16.5. The van der Waals surface area contributed by atoms with E-state index in [2.05, 4.69) is 0 Å². The predicted molar refractivity (Wildman–Crippen MR) is 102 cm³/mol. The Bertz CT molecular complexity index is 837. The van der Waals surface area contributed by atoms with Crippen molar-refractivity contribution < 1.29 is 19.4 Å². The van der Waals surface area contributed by atoms with Crippen LogP contribution in [-0.2, 0) is 19.9 Å². The molecule has 0 aliphatic heterocycles. The van der Waals surface area contributed by atoms with Gasteiger partial charge in [-0.15, -0.1) is 0 Å². The molecule has 0 radical (unpaired) electrons. The number of carbonyl (C=O) groups excluding carboxylic acids is 2. The Morgan fingerprint density at radius 2 is 1.30 bits per heavy atom. The van der Waals surface area contributed by atoms with Crippen LogP contribution < -0.4 is 0 Å². The lowest BCUT2D eigenvalue weighted by Crippen LogP contribution is -2.39. The molecular weight excluding hydrogens is 340 g/mol. The molecule has 1 atom stereocenters. The highest BCUT2D eigenvalue weighted by Gasteiger charge is 2.41. The summed E-state index contributed by atoms with van der Waals surface area (Å²) in [5.74, 6) is -1.41. The Morgan fingerprint density at radius 1 is 0.852 bits per heavy atom. The van der Waals surface area contributed by atoms with E-state index in [-0.39, 0.29) is 6.61 Å². The zero-order valence-corrected chi connectivity index (χ0v) is 14.7. The maximum atomic E-state index is 12.9. The van der Waals surface area contributed by atoms with Crippen molar-refractivity contribution in [2.75, 3.05) is 6.61 Å². The van der Waals surface area contributed by atoms with Crippen LogP contribution in [0.3, 0.4) is 0 Å². The molecule has 0 fully saturated rings. The number of hydrogen-bond donors (Lipinski definition) is 1. The highest BCUT2D eigenvalue weighted by Crippen LogP contribution is 2.31. The fourth-order valence-corrected chi connectivity index (χ4v) is 2.95. The molecule has 3 aromatic carbocycles. The van der Waals surface area contributed by atoms with Gasteiger partial charge < -0.3 is 14.6 Å². The van der Waals surface area contributed by atoms with Crippen LogP contribution in [0.1, 0.15) is 22.6 Å². The molecule has 3 aromatic rings. The van der Waals surface area contributed by atoms with Crippen LogP contribution in [0.2, 0.25) is 0 Å². The first-order chi connectivity index (χ1) is 13.2. The number of benzene rings is 3. The monoisotopic (exact) mass is 360 g/mol. The van der Waals surface area contributed by atoms with Crippen molar-refractivity contribution in [3.8, 4) is 0 Å². The molecule has 3 rings (SSSR count). The topological polar surface area (TPSA) is 63.6 Å². The van der Waals surface area contributed by atoms with Gasteiger partial charge in [-0.1, -0.05) is 91.0 Å². The standard InChI is InChI=1S/C23H20O4/c24-16-19(18-10-4-1-5-11-18)17-27-22(25)23(26,20-12-6-2-7-13-20)21-14-8-3-9-15-21/h1-16,19,26H,17H2. The largest absolute Gasteiger partial charge is 0.462 e. The Morgan fingerprint density at radius 3 is 1.74 bits per heavy atom. The van der Waals surface area contributed by atoms with E-state index in [0.717, 1.165) is 11.8 Å². The van der Waals surface area contributed by atoms with Gasteiger partial charge in [-0.25, -0.2) is 4.79 Å². The van der Waals surface area contributed by atoms with Crippen molar-refractivity contribution in [2.24, 2.45) is 0 Å². The molecule has 1 N–H and O–H groups in total. The molecule has 0 saturated heterocycles. The van der Waals surface area contributed by atoms with Gasteiger partial charge in [0, 0.05) is 0 Å². The van der Waals surface area contributed by atoms with Crippen LogP contribution in [0.4, 0.5) is 0 Å². The van der Waals surface area contributed by atoms with Gasteiger partial charge in [0.1, 0.15) is 12.9 Å². The lowest BCUT2D eigenvalue weighted by molar-refractivity contribution is -0.162. The first-order valence-corrected chi connectivity index (χ1v) is 8.67. The van der Waals surface area contributed by atoms with Crippen molar-refractivity contribution in [3.63, 3.8) is 0 Å². The molecule has 4 nitrogen and oxygen atoms in total. The zero-order chi connectivity index (χ0) is 19.1. The van der Waals surface area contributed by atoms with Crippen molar-refractivity contribution >= 4 is 12.3 Å². The molecule has 0 amide bonds. The summed E-state index contributed by atoms with van der Waals surface area (Å²) in [6, 6.07) is 26.3. The summed E-state index contributed by atoms with van der Waals surface area (Å²) in [5, 5.41) is 11.3. The van der Waals surface area contributed by atoms with Gasteiger partial charge >= 0.3 is 5.97 Å². The van der Waals surface area contributed by atoms with E-state index in [0.29, 0.717) is 11.1 Å². The van der Waals surface area contributed by atoms with Gasteiger partial charge in [0.25, 0.3) is 0 Å². The summed E-state index contributed by atoms with van der Waals surface area (Å²) in [6.07, 6.45) is 0.743. The predicted octanol–water partition coefficient (Wildman–Crippen LogP) is 3.45. The lowest BCUT2D eigenvalue weighted by Gasteiger charge is -2.27. The van der Waals surface area contributed by atoms with E-state index in [9.17, 15) is 14.7 Å². The number of aliphatic hydroxyl groups is 1. The zero-order valence-electron chi connectivity index (χ0n) is 14.7. The maximum absolute atomic E-state index is 12.9.